The van der Waals surface area contributed by atoms with E-state index in [9.17, 15) is 4.79 Å². The number of hydrogen-bond acceptors (Lipinski definition) is 5. The predicted octanol–water partition coefficient (Wildman–Crippen LogP) is 3.07. The quantitative estimate of drug-likeness (QED) is 0.777. The van der Waals surface area contributed by atoms with Gasteiger partial charge in [-0.3, -0.25) is 4.79 Å². The van der Waals surface area contributed by atoms with Crippen molar-refractivity contribution in [3.63, 3.8) is 0 Å². The van der Waals surface area contributed by atoms with Crippen molar-refractivity contribution in [1.82, 2.24) is 10.1 Å². The minimum absolute atomic E-state index is 0.161. The van der Waals surface area contributed by atoms with E-state index in [0.717, 1.165) is 38.8 Å². The van der Waals surface area contributed by atoms with Gasteiger partial charge in [0.1, 0.15) is 5.78 Å². The van der Waals surface area contributed by atoms with Crippen LogP contribution in [0.3, 0.4) is 0 Å². The third kappa shape index (κ3) is 3.02. The molecule has 0 spiro atoms. The largest absolute Gasteiger partial charge is 0.338 e. The predicted molar refractivity (Wildman–Crippen MR) is 75.8 cm³/mol. The number of anilines is 1. The summed E-state index contributed by atoms with van der Waals surface area (Å²) >= 11 is 0. The van der Waals surface area contributed by atoms with Crippen LogP contribution >= 0.6 is 0 Å². The van der Waals surface area contributed by atoms with Gasteiger partial charge in [-0.25, -0.2) is 0 Å². The third-order valence-corrected chi connectivity index (χ3v) is 4.42. The molecule has 1 atom stereocenters. The first-order chi connectivity index (χ1) is 9.84. The minimum Gasteiger partial charge on any atom is -0.338 e. The number of hydrogen-bond donors (Lipinski definition) is 0. The van der Waals surface area contributed by atoms with Crippen molar-refractivity contribution in [2.75, 3.05) is 18.0 Å². The molecule has 0 bridgehead atoms. The molecule has 0 aromatic carbocycles. The fourth-order valence-electron chi connectivity index (χ4n) is 3.19. The second-order valence-electron chi connectivity index (χ2n) is 5.95. The summed E-state index contributed by atoms with van der Waals surface area (Å²) in [6, 6.07) is 0. The minimum atomic E-state index is -0.161. The molecule has 1 saturated heterocycles. The zero-order valence-electron chi connectivity index (χ0n) is 12.0. The van der Waals surface area contributed by atoms with E-state index in [-0.39, 0.29) is 11.7 Å². The van der Waals surface area contributed by atoms with Gasteiger partial charge in [0.25, 0.3) is 5.95 Å². The lowest BCUT2D eigenvalue weighted by atomic mass is 9.99. The number of Topliss-reactive ketones (excluding diaryl/α,β-unsaturated/α-hetero) is 1. The standard InChI is InChI=1S/C15H23N3O2/c19-13-9-5-3-4-8-12(13)14-16-15(17-20-14)18-10-6-1-2-7-11-18/h12H,1-11H2. The summed E-state index contributed by atoms with van der Waals surface area (Å²) in [5.74, 6) is 1.33. The summed E-state index contributed by atoms with van der Waals surface area (Å²) in [7, 11) is 0. The van der Waals surface area contributed by atoms with Gasteiger partial charge in [0.15, 0.2) is 0 Å². The molecular weight excluding hydrogens is 254 g/mol. The van der Waals surface area contributed by atoms with E-state index >= 15 is 0 Å². The van der Waals surface area contributed by atoms with Crippen LogP contribution in [-0.2, 0) is 4.79 Å². The lowest BCUT2D eigenvalue weighted by molar-refractivity contribution is -0.120. The highest BCUT2D eigenvalue weighted by Gasteiger charge is 2.28. The second kappa shape index (κ2) is 6.37. The van der Waals surface area contributed by atoms with Crippen LogP contribution in [-0.4, -0.2) is 29.0 Å². The fraction of sp³-hybridized carbons (Fsp3) is 0.800. The molecule has 2 heterocycles. The van der Waals surface area contributed by atoms with Crippen molar-refractivity contribution >= 4 is 11.7 Å². The summed E-state index contributed by atoms with van der Waals surface area (Å²) in [5.41, 5.74) is 0. The molecule has 1 aliphatic heterocycles. The van der Waals surface area contributed by atoms with Crippen LogP contribution in [0.5, 0.6) is 0 Å². The number of nitrogens with zero attached hydrogens (tertiary/aromatic N) is 3. The molecule has 0 amide bonds. The number of rotatable bonds is 2. The van der Waals surface area contributed by atoms with E-state index in [1.165, 1.54) is 25.7 Å². The molecule has 2 aliphatic rings. The van der Waals surface area contributed by atoms with Crippen molar-refractivity contribution < 1.29 is 9.32 Å². The highest BCUT2D eigenvalue weighted by atomic mass is 16.5. The van der Waals surface area contributed by atoms with Crippen LogP contribution in [0.1, 0.15) is 69.6 Å². The van der Waals surface area contributed by atoms with E-state index in [0.29, 0.717) is 18.3 Å². The molecule has 1 aliphatic carbocycles. The lowest BCUT2D eigenvalue weighted by Crippen LogP contribution is -2.25. The van der Waals surface area contributed by atoms with Gasteiger partial charge >= 0.3 is 0 Å². The average Bonchev–Trinajstić information content (AvgIpc) is 2.66. The molecule has 0 radical (unpaired) electrons. The van der Waals surface area contributed by atoms with E-state index in [1.54, 1.807) is 0 Å². The first-order valence-electron chi connectivity index (χ1n) is 7.96. The Morgan fingerprint density at radius 2 is 1.75 bits per heavy atom. The second-order valence-corrected chi connectivity index (χ2v) is 5.95. The molecule has 0 N–H and O–H groups in total. The van der Waals surface area contributed by atoms with Crippen LogP contribution in [0.15, 0.2) is 4.52 Å². The SMILES string of the molecule is O=C1CCCCCC1c1nc(N2CCCCCC2)no1. The van der Waals surface area contributed by atoms with Crippen molar-refractivity contribution in [3.05, 3.63) is 5.89 Å². The Kier molecular flexibility index (Phi) is 4.33. The molecule has 1 saturated carbocycles. The highest BCUT2D eigenvalue weighted by Crippen LogP contribution is 2.29. The Labute approximate surface area is 119 Å². The van der Waals surface area contributed by atoms with Gasteiger partial charge in [-0.1, -0.05) is 25.7 Å². The third-order valence-electron chi connectivity index (χ3n) is 4.42. The van der Waals surface area contributed by atoms with Crippen molar-refractivity contribution in [2.24, 2.45) is 0 Å². The average molecular weight is 277 g/mol. The molecule has 2 fully saturated rings. The lowest BCUT2D eigenvalue weighted by Gasteiger charge is -2.16. The maximum Gasteiger partial charge on any atom is 0.266 e. The number of carbonyl (C=O) groups is 1. The van der Waals surface area contributed by atoms with Gasteiger partial charge in [0.05, 0.1) is 5.92 Å². The monoisotopic (exact) mass is 277 g/mol. The van der Waals surface area contributed by atoms with Gasteiger partial charge in [-0.2, -0.15) is 4.98 Å². The Bertz CT molecular complexity index is 450. The summed E-state index contributed by atoms with van der Waals surface area (Å²) in [5, 5.41) is 4.11. The zero-order chi connectivity index (χ0) is 13.8. The topological polar surface area (TPSA) is 59.2 Å². The Balaban J connectivity index is 1.73. The van der Waals surface area contributed by atoms with E-state index in [4.69, 9.17) is 4.52 Å². The van der Waals surface area contributed by atoms with Gasteiger partial charge < -0.3 is 9.42 Å². The molecule has 1 aromatic rings. The molecule has 5 nitrogen and oxygen atoms in total. The van der Waals surface area contributed by atoms with Gasteiger partial charge in [0, 0.05) is 19.5 Å². The molecule has 5 heteroatoms. The summed E-state index contributed by atoms with van der Waals surface area (Å²) in [6.45, 7) is 2.00. The molecule has 20 heavy (non-hydrogen) atoms. The van der Waals surface area contributed by atoms with Crippen molar-refractivity contribution in [3.8, 4) is 0 Å². The van der Waals surface area contributed by atoms with Gasteiger partial charge in [-0.05, 0) is 30.8 Å². The maximum absolute atomic E-state index is 12.1. The molecule has 1 aromatic heterocycles. The summed E-state index contributed by atoms with van der Waals surface area (Å²) < 4.78 is 5.40. The van der Waals surface area contributed by atoms with Crippen LogP contribution < -0.4 is 4.90 Å². The van der Waals surface area contributed by atoms with Crippen LogP contribution in [0.2, 0.25) is 0 Å². The van der Waals surface area contributed by atoms with Crippen LogP contribution in [0, 0.1) is 0 Å². The maximum atomic E-state index is 12.1. The van der Waals surface area contributed by atoms with E-state index in [2.05, 4.69) is 15.0 Å². The Hall–Kier alpha value is -1.39. The molecule has 110 valence electrons. The van der Waals surface area contributed by atoms with Gasteiger partial charge in [-0.15, -0.1) is 0 Å². The van der Waals surface area contributed by atoms with E-state index in [1.807, 2.05) is 0 Å². The normalized spacial score (nSPS) is 25.3. The fourth-order valence-corrected chi connectivity index (χ4v) is 3.19. The number of aromatic nitrogens is 2. The first-order valence-corrected chi connectivity index (χ1v) is 7.96. The first kappa shape index (κ1) is 13.6. The highest BCUT2D eigenvalue weighted by molar-refractivity contribution is 5.84. The van der Waals surface area contributed by atoms with Crippen LogP contribution in [0.25, 0.3) is 0 Å². The number of carbonyl (C=O) groups excluding carboxylic acids is 1. The molecule has 1 unspecified atom stereocenters. The van der Waals surface area contributed by atoms with Gasteiger partial charge in [0.2, 0.25) is 5.89 Å². The number of ketones is 1. The molecular formula is C15H23N3O2. The van der Waals surface area contributed by atoms with E-state index < -0.39 is 0 Å². The van der Waals surface area contributed by atoms with Crippen LogP contribution in [0.4, 0.5) is 5.95 Å². The Morgan fingerprint density at radius 3 is 2.55 bits per heavy atom. The van der Waals surface area contributed by atoms with Crippen molar-refractivity contribution in [2.45, 2.75) is 63.7 Å². The summed E-state index contributed by atoms with van der Waals surface area (Å²) in [6.07, 6.45) is 9.67. The molecule has 3 rings (SSSR count). The Morgan fingerprint density at radius 1 is 1.00 bits per heavy atom. The summed E-state index contributed by atoms with van der Waals surface area (Å²) in [4.78, 5) is 18.8. The van der Waals surface area contributed by atoms with Crippen molar-refractivity contribution in [1.29, 1.82) is 0 Å². The zero-order valence-corrected chi connectivity index (χ0v) is 12.0. The smallest absolute Gasteiger partial charge is 0.266 e.